The van der Waals surface area contributed by atoms with Gasteiger partial charge in [-0.2, -0.15) is 0 Å². The van der Waals surface area contributed by atoms with Crippen molar-refractivity contribution in [2.45, 2.75) is 6.04 Å². The van der Waals surface area contributed by atoms with Crippen molar-refractivity contribution in [3.8, 4) is 0 Å². The summed E-state index contributed by atoms with van der Waals surface area (Å²) in [4.78, 5) is 2.20. The van der Waals surface area contributed by atoms with Crippen LogP contribution in [0.5, 0.6) is 0 Å². The Morgan fingerprint density at radius 3 is 2.36 bits per heavy atom. The summed E-state index contributed by atoms with van der Waals surface area (Å²) in [5.41, 5.74) is 0. The number of hydrogen-bond acceptors (Lipinski definition) is 2. The van der Waals surface area contributed by atoms with Crippen molar-refractivity contribution in [2.75, 3.05) is 33.4 Å². The number of nitrogens with zero attached hydrogens (tertiary/aromatic N) is 2. The van der Waals surface area contributed by atoms with Crippen molar-refractivity contribution >= 4 is 15.6 Å². The molecule has 0 saturated carbocycles. The summed E-state index contributed by atoms with van der Waals surface area (Å²) in [6.07, 6.45) is 1.69. The lowest BCUT2D eigenvalue weighted by Crippen LogP contribution is -2.57. The highest BCUT2D eigenvalue weighted by Crippen LogP contribution is 2.12. The van der Waals surface area contributed by atoms with Crippen LogP contribution in [0.3, 0.4) is 0 Å². The largest absolute Gasteiger partial charge is 0.303 e. The summed E-state index contributed by atoms with van der Waals surface area (Å²) in [6, 6.07) is 0.440. The summed E-state index contributed by atoms with van der Waals surface area (Å²) in [6.45, 7) is 2.02. The van der Waals surface area contributed by atoms with Crippen LogP contribution in [-0.4, -0.2) is 58.8 Å². The molecule has 11 heavy (non-hydrogen) atoms. The highest BCUT2D eigenvalue weighted by Gasteiger charge is 2.29. The first kappa shape index (κ1) is 9.03. The third-order valence-corrected chi connectivity index (χ3v) is 3.68. The van der Waals surface area contributed by atoms with Gasteiger partial charge in [0.25, 0.3) is 0 Å². The van der Waals surface area contributed by atoms with E-state index in [0.29, 0.717) is 6.04 Å². The van der Waals surface area contributed by atoms with E-state index in [4.69, 9.17) is 0 Å². The number of hydrogen-bond donors (Lipinski definition) is 0. The fraction of sp³-hybridized carbons (Fsp3) is 0.857. The first-order chi connectivity index (χ1) is 4.91. The Balaban J connectivity index is 2.51. The lowest BCUT2D eigenvalue weighted by atomic mass is 10.1. The Morgan fingerprint density at radius 1 is 1.64 bits per heavy atom. The SMILES string of the molecule is C=S(C)(=O)N(C)C1CN(C)C1. The van der Waals surface area contributed by atoms with Gasteiger partial charge in [-0.3, -0.25) is 4.21 Å². The predicted molar refractivity (Wildman–Crippen MR) is 50.2 cm³/mol. The molecule has 1 fully saturated rings. The summed E-state index contributed by atoms with van der Waals surface area (Å²) in [7, 11) is 1.96. The fourth-order valence-corrected chi connectivity index (χ4v) is 1.98. The van der Waals surface area contributed by atoms with Crippen LogP contribution in [0.4, 0.5) is 0 Å². The summed E-state index contributed by atoms with van der Waals surface area (Å²) in [5, 5.41) is 0. The minimum atomic E-state index is -1.98. The van der Waals surface area contributed by atoms with E-state index in [1.54, 1.807) is 6.26 Å². The van der Waals surface area contributed by atoms with E-state index >= 15 is 0 Å². The molecule has 1 unspecified atom stereocenters. The van der Waals surface area contributed by atoms with Gasteiger partial charge < -0.3 is 4.90 Å². The molecule has 0 radical (unpaired) electrons. The highest BCUT2D eigenvalue weighted by atomic mass is 32.2. The lowest BCUT2D eigenvalue weighted by molar-refractivity contribution is 0.122. The van der Waals surface area contributed by atoms with Crippen molar-refractivity contribution in [2.24, 2.45) is 0 Å². The molecule has 1 atom stereocenters. The first-order valence-electron chi connectivity index (χ1n) is 3.65. The topological polar surface area (TPSA) is 23.6 Å². The standard InChI is InChI=1S/C7H16N2OS/c1-8-5-7(6-8)9(2)11(3,4)10/h7H,3,5-6H2,1-2,4H3. The van der Waals surface area contributed by atoms with Crippen LogP contribution in [0.25, 0.3) is 0 Å². The van der Waals surface area contributed by atoms with Gasteiger partial charge in [0, 0.05) is 35.1 Å². The summed E-state index contributed by atoms with van der Waals surface area (Å²) < 4.78 is 13.3. The second-order valence-corrected chi connectivity index (χ2v) is 5.88. The molecule has 1 saturated heterocycles. The third kappa shape index (κ3) is 1.95. The Bertz CT molecular complexity index is 229. The van der Waals surface area contributed by atoms with Crippen LogP contribution in [0.15, 0.2) is 0 Å². The van der Waals surface area contributed by atoms with Crippen LogP contribution in [0.2, 0.25) is 0 Å². The van der Waals surface area contributed by atoms with Crippen molar-refractivity contribution in [1.82, 2.24) is 9.21 Å². The van der Waals surface area contributed by atoms with Crippen molar-refractivity contribution in [3.05, 3.63) is 0 Å². The fourth-order valence-electron chi connectivity index (χ4n) is 1.21. The maximum Gasteiger partial charge on any atom is 0.0470 e. The maximum atomic E-state index is 11.4. The highest BCUT2D eigenvalue weighted by molar-refractivity contribution is 7.97. The van der Waals surface area contributed by atoms with Crippen LogP contribution in [0.1, 0.15) is 0 Å². The van der Waals surface area contributed by atoms with Gasteiger partial charge in [-0.15, -0.1) is 0 Å². The molecule has 1 aliphatic rings. The second kappa shape index (κ2) is 2.77. The van der Waals surface area contributed by atoms with Crippen LogP contribution >= 0.6 is 0 Å². The number of likely N-dealkylation sites (N-methyl/N-ethyl adjacent to an activating group) is 2. The molecular formula is C7H16N2OS. The monoisotopic (exact) mass is 176 g/mol. The minimum Gasteiger partial charge on any atom is -0.303 e. The van der Waals surface area contributed by atoms with Gasteiger partial charge in [-0.1, -0.05) is 0 Å². The molecule has 0 N–H and O–H groups in total. The Kier molecular flexibility index (Phi) is 2.27. The van der Waals surface area contributed by atoms with Gasteiger partial charge >= 0.3 is 0 Å². The van der Waals surface area contributed by atoms with E-state index in [1.807, 2.05) is 11.4 Å². The van der Waals surface area contributed by atoms with Gasteiger partial charge in [-0.25, -0.2) is 4.31 Å². The van der Waals surface area contributed by atoms with Crippen LogP contribution in [-0.2, 0) is 9.71 Å². The molecule has 0 aromatic carbocycles. The number of likely N-dealkylation sites (tertiary alicyclic amines) is 1. The van der Waals surface area contributed by atoms with Gasteiger partial charge in [0.1, 0.15) is 0 Å². The summed E-state index contributed by atoms with van der Waals surface area (Å²) >= 11 is 0. The van der Waals surface area contributed by atoms with E-state index in [1.165, 1.54) is 0 Å². The van der Waals surface area contributed by atoms with E-state index in [-0.39, 0.29) is 0 Å². The molecule has 1 heterocycles. The minimum absolute atomic E-state index is 0.440. The van der Waals surface area contributed by atoms with Gasteiger partial charge in [0.05, 0.1) is 0 Å². The normalized spacial score (nSPS) is 26.5. The zero-order chi connectivity index (χ0) is 8.65. The van der Waals surface area contributed by atoms with E-state index in [0.717, 1.165) is 13.1 Å². The molecule has 0 aliphatic carbocycles. The average Bonchev–Trinajstić information content (AvgIpc) is 1.77. The zero-order valence-corrected chi connectivity index (χ0v) is 8.23. The zero-order valence-electron chi connectivity index (χ0n) is 7.41. The van der Waals surface area contributed by atoms with E-state index in [2.05, 4.69) is 17.8 Å². The lowest BCUT2D eigenvalue weighted by Gasteiger charge is -2.42. The Labute approximate surface area is 69.1 Å². The van der Waals surface area contributed by atoms with E-state index in [9.17, 15) is 4.21 Å². The first-order valence-corrected chi connectivity index (χ1v) is 5.74. The summed E-state index contributed by atoms with van der Waals surface area (Å²) in [5.74, 6) is 3.63. The molecular weight excluding hydrogens is 160 g/mol. The number of rotatable bonds is 2. The van der Waals surface area contributed by atoms with Crippen LogP contribution in [0, 0.1) is 0 Å². The van der Waals surface area contributed by atoms with Gasteiger partial charge in [-0.05, 0) is 20.0 Å². The quantitative estimate of drug-likeness (QED) is 0.529. The average molecular weight is 176 g/mol. The molecule has 66 valence electrons. The van der Waals surface area contributed by atoms with Crippen LogP contribution < -0.4 is 0 Å². The smallest absolute Gasteiger partial charge is 0.0470 e. The van der Waals surface area contributed by atoms with Gasteiger partial charge in [0.15, 0.2) is 0 Å². The van der Waals surface area contributed by atoms with Crippen molar-refractivity contribution in [3.63, 3.8) is 0 Å². The molecule has 1 aliphatic heterocycles. The molecule has 3 nitrogen and oxygen atoms in total. The molecule has 0 bridgehead atoms. The molecule has 0 spiro atoms. The van der Waals surface area contributed by atoms with Crippen molar-refractivity contribution in [1.29, 1.82) is 0 Å². The Hall–Kier alpha value is -0.0600. The molecule has 4 heteroatoms. The van der Waals surface area contributed by atoms with Gasteiger partial charge in [0.2, 0.25) is 0 Å². The molecule has 0 aromatic heterocycles. The molecule has 0 aromatic rings. The van der Waals surface area contributed by atoms with E-state index < -0.39 is 9.71 Å². The third-order valence-electron chi connectivity index (χ3n) is 2.17. The maximum absolute atomic E-state index is 11.4. The Morgan fingerprint density at radius 2 is 2.09 bits per heavy atom. The van der Waals surface area contributed by atoms with Crippen molar-refractivity contribution < 1.29 is 4.21 Å². The molecule has 1 rings (SSSR count). The second-order valence-electron chi connectivity index (χ2n) is 3.38. The predicted octanol–water partition coefficient (Wildman–Crippen LogP) is -0.507. The molecule has 0 amide bonds.